The van der Waals surface area contributed by atoms with Crippen LogP contribution in [0.25, 0.3) is 0 Å². The number of anilines is 1. The van der Waals surface area contributed by atoms with Crippen molar-refractivity contribution in [3.8, 4) is 11.8 Å². The summed E-state index contributed by atoms with van der Waals surface area (Å²) in [4.78, 5) is 4.13. The Kier molecular flexibility index (Phi) is 3.94. The van der Waals surface area contributed by atoms with Gasteiger partial charge in [0.15, 0.2) is 11.6 Å². The van der Waals surface area contributed by atoms with Gasteiger partial charge in [0, 0.05) is 18.9 Å². The quantitative estimate of drug-likeness (QED) is 0.914. The molecule has 2 rings (SSSR count). The van der Waals surface area contributed by atoms with Gasteiger partial charge in [-0.2, -0.15) is 5.26 Å². The molecule has 0 aliphatic carbocycles. The first-order valence-corrected chi connectivity index (χ1v) is 5.68. The molecule has 1 aromatic heterocycles. The standard InChI is InChI=1S/C14H12FN3O/c1-17-11-4-5-18-12(7-11)9-19-14-3-2-10(8-16)6-13(14)15/h2-7H,9H2,1H3,(H,17,18). The van der Waals surface area contributed by atoms with Crippen molar-refractivity contribution < 1.29 is 9.13 Å². The molecule has 4 nitrogen and oxygen atoms in total. The number of aromatic nitrogens is 1. The lowest BCUT2D eigenvalue weighted by Crippen LogP contribution is -2.01. The zero-order valence-electron chi connectivity index (χ0n) is 10.4. The minimum Gasteiger partial charge on any atom is -0.484 e. The van der Waals surface area contributed by atoms with Crippen molar-refractivity contribution in [1.82, 2.24) is 4.98 Å². The van der Waals surface area contributed by atoms with Crippen molar-refractivity contribution in [1.29, 1.82) is 5.26 Å². The van der Waals surface area contributed by atoms with E-state index in [0.717, 1.165) is 11.8 Å². The zero-order chi connectivity index (χ0) is 13.7. The van der Waals surface area contributed by atoms with Crippen molar-refractivity contribution in [2.75, 3.05) is 12.4 Å². The SMILES string of the molecule is CNc1ccnc(COc2ccc(C#N)cc2F)c1. The van der Waals surface area contributed by atoms with Gasteiger partial charge < -0.3 is 10.1 Å². The summed E-state index contributed by atoms with van der Waals surface area (Å²) in [6, 6.07) is 9.61. The van der Waals surface area contributed by atoms with Gasteiger partial charge in [-0.3, -0.25) is 4.98 Å². The normalized spacial score (nSPS) is 9.74. The van der Waals surface area contributed by atoms with Crippen LogP contribution >= 0.6 is 0 Å². The molecular weight excluding hydrogens is 245 g/mol. The Bertz CT molecular complexity index is 622. The summed E-state index contributed by atoms with van der Waals surface area (Å²) in [7, 11) is 1.81. The number of nitriles is 1. The molecule has 1 aromatic carbocycles. The van der Waals surface area contributed by atoms with Gasteiger partial charge in [-0.25, -0.2) is 4.39 Å². The fourth-order valence-electron chi connectivity index (χ4n) is 1.55. The predicted octanol–water partition coefficient (Wildman–Crippen LogP) is 2.71. The second-order valence-corrected chi connectivity index (χ2v) is 3.83. The molecule has 19 heavy (non-hydrogen) atoms. The van der Waals surface area contributed by atoms with Gasteiger partial charge in [-0.05, 0) is 30.3 Å². The third kappa shape index (κ3) is 3.19. The van der Waals surface area contributed by atoms with Gasteiger partial charge in [0.1, 0.15) is 6.61 Å². The fourth-order valence-corrected chi connectivity index (χ4v) is 1.55. The summed E-state index contributed by atoms with van der Waals surface area (Å²) in [5.41, 5.74) is 1.87. The summed E-state index contributed by atoms with van der Waals surface area (Å²) >= 11 is 0. The lowest BCUT2D eigenvalue weighted by atomic mass is 10.2. The lowest BCUT2D eigenvalue weighted by Gasteiger charge is -2.08. The van der Waals surface area contributed by atoms with Gasteiger partial charge in [0.25, 0.3) is 0 Å². The van der Waals surface area contributed by atoms with Crippen molar-refractivity contribution >= 4 is 5.69 Å². The molecule has 0 atom stereocenters. The van der Waals surface area contributed by atoms with E-state index >= 15 is 0 Å². The molecule has 0 amide bonds. The van der Waals surface area contributed by atoms with Crippen molar-refractivity contribution in [2.45, 2.75) is 6.61 Å². The van der Waals surface area contributed by atoms with Crippen LogP contribution in [0.4, 0.5) is 10.1 Å². The van der Waals surface area contributed by atoms with E-state index in [9.17, 15) is 4.39 Å². The zero-order valence-corrected chi connectivity index (χ0v) is 10.4. The highest BCUT2D eigenvalue weighted by molar-refractivity contribution is 5.42. The van der Waals surface area contributed by atoms with Gasteiger partial charge in [-0.15, -0.1) is 0 Å². The smallest absolute Gasteiger partial charge is 0.166 e. The van der Waals surface area contributed by atoms with Crippen LogP contribution in [0.15, 0.2) is 36.5 Å². The molecule has 0 saturated heterocycles. The monoisotopic (exact) mass is 257 g/mol. The maximum atomic E-state index is 13.6. The van der Waals surface area contributed by atoms with Crippen molar-refractivity contribution in [2.24, 2.45) is 0 Å². The first kappa shape index (κ1) is 12.8. The molecule has 0 aliphatic heterocycles. The van der Waals surface area contributed by atoms with Crippen molar-refractivity contribution in [3.05, 3.63) is 53.6 Å². The number of hydrogen-bond donors (Lipinski definition) is 1. The topological polar surface area (TPSA) is 57.9 Å². The Labute approximate surface area is 110 Å². The average Bonchev–Trinajstić information content (AvgIpc) is 2.46. The summed E-state index contributed by atoms with van der Waals surface area (Å²) in [6.45, 7) is 0.165. The highest BCUT2D eigenvalue weighted by Crippen LogP contribution is 2.19. The molecule has 0 fully saturated rings. The molecule has 1 N–H and O–H groups in total. The van der Waals surface area contributed by atoms with Gasteiger partial charge in [0.05, 0.1) is 17.3 Å². The largest absolute Gasteiger partial charge is 0.484 e. The van der Waals surface area contributed by atoms with Crippen LogP contribution in [0.3, 0.4) is 0 Å². The molecular formula is C14H12FN3O. The van der Waals surface area contributed by atoms with Crippen LogP contribution in [0.1, 0.15) is 11.3 Å². The predicted molar refractivity (Wildman–Crippen MR) is 69.2 cm³/mol. The van der Waals surface area contributed by atoms with Gasteiger partial charge in [0.2, 0.25) is 0 Å². The molecule has 96 valence electrons. The summed E-state index contributed by atoms with van der Waals surface area (Å²) in [6.07, 6.45) is 1.65. The Morgan fingerprint density at radius 1 is 1.37 bits per heavy atom. The molecule has 0 spiro atoms. The summed E-state index contributed by atoms with van der Waals surface area (Å²) < 4.78 is 18.9. The maximum absolute atomic E-state index is 13.6. The van der Waals surface area contributed by atoms with E-state index < -0.39 is 5.82 Å². The first-order valence-electron chi connectivity index (χ1n) is 5.68. The van der Waals surface area contributed by atoms with E-state index in [4.69, 9.17) is 10.00 Å². The van der Waals surface area contributed by atoms with Crippen LogP contribution in [-0.4, -0.2) is 12.0 Å². The van der Waals surface area contributed by atoms with E-state index in [-0.39, 0.29) is 17.9 Å². The highest BCUT2D eigenvalue weighted by atomic mass is 19.1. The summed E-state index contributed by atoms with van der Waals surface area (Å²) in [5, 5.41) is 11.6. The van der Waals surface area contributed by atoms with Crippen LogP contribution in [0.2, 0.25) is 0 Å². The second kappa shape index (κ2) is 5.83. The van der Waals surface area contributed by atoms with E-state index in [1.165, 1.54) is 12.1 Å². The molecule has 0 saturated carbocycles. The average molecular weight is 257 g/mol. The number of hydrogen-bond acceptors (Lipinski definition) is 4. The van der Waals surface area contributed by atoms with E-state index in [1.54, 1.807) is 13.2 Å². The van der Waals surface area contributed by atoms with E-state index in [1.807, 2.05) is 18.2 Å². The van der Waals surface area contributed by atoms with Crippen LogP contribution in [0, 0.1) is 17.1 Å². The third-order valence-electron chi connectivity index (χ3n) is 2.54. The summed E-state index contributed by atoms with van der Waals surface area (Å²) in [5.74, 6) is -0.445. The van der Waals surface area contributed by atoms with Crippen LogP contribution in [-0.2, 0) is 6.61 Å². The Hall–Kier alpha value is -2.61. The number of benzene rings is 1. The molecule has 0 aliphatic rings. The Morgan fingerprint density at radius 3 is 2.89 bits per heavy atom. The third-order valence-corrected chi connectivity index (χ3v) is 2.54. The Balaban J connectivity index is 2.08. The number of pyridine rings is 1. The number of halogens is 1. The minimum atomic E-state index is -0.552. The fraction of sp³-hybridized carbons (Fsp3) is 0.143. The molecule has 0 bridgehead atoms. The van der Waals surface area contributed by atoms with Crippen molar-refractivity contribution in [3.63, 3.8) is 0 Å². The van der Waals surface area contributed by atoms with E-state index in [0.29, 0.717) is 5.69 Å². The Morgan fingerprint density at radius 2 is 2.21 bits per heavy atom. The first-order chi connectivity index (χ1) is 9.22. The number of rotatable bonds is 4. The lowest BCUT2D eigenvalue weighted by molar-refractivity contribution is 0.286. The number of nitrogens with zero attached hydrogens (tertiary/aromatic N) is 2. The number of nitrogens with one attached hydrogen (secondary N) is 1. The second-order valence-electron chi connectivity index (χ2n) is 3.83. The van der Waals surface area contributed by atoms with E-state index in [2.05, 4.69) is 10.3 Å². The molecule has 0 radical (unpaired) electrons. The molecule has 0 unspecified atom stereocenters. The maximum Gasteiger partial charge on any atom is 0.166 e. The van der Waals surface area contributed by atoms with Gasteiger partial charge >= 0.3 is 0 Å². The highest BCUT2D eigenvalue weighted by Gasteiger charge is 2.05. The molecule has 1 heterocycles. The number of ether oxygens (including phenoxy) is 1. The van der Waals surface area contributed by atoms with Crippen LogP contribution in [0.5, 0.6) is 5.75 Å². The van der Waals surface area contributed by atoms with Gasteiger partial charge in [-0.1, -0.05) is 0 Å². The molecule has 2 aromatic rings. The van der Waals surface area contributed by atoms with Crippen LogP contribution < -0.4 is 10.1 Å². The minimum absolute atomic E-state index is 0.107. The molecule has 5 heteroatoms.